The molecule has 0 bridgehead atoms. The number of benzene rings is 2. The lowest BCUT2D eigenvalue weighted by Crippen LogP contribution is -2.53. The first-order chi connectivity index (χ1) is 13.8. The Morgan fingerprint density at radius 3 is 2.34 bits per heavy atom. The molecule has 2 heterocycles. The fourth-order valence-corrected chi connectivity index (χ4v) is 3.24. The first kappa shape index (κ1) is 19.3. The molecule has 1 unspecified atom stereocenters. The summed E-state index contributed by atoms with van der Waals surface area (Å²) in [6.07, 6.45) is -4.90. The third-order valence-electron chi connectivity index (χ3n) is 4.80. The van der Waals surface area contributed by atoms with E-state index in [9.17, 15) is 30.6 Å². The van der Waals surface area contributed by atoms with Gasteiger partial charge in [0.05, 0.1) is 12.2 Å². The van der Waals surface area contributed by atoms with Crippen LogP contribution in [0.2, 0.25) is 0 Å². The van der Waals surface area contributed by atoms with Crippen LogP contribution < -0.4 is 4.74 Å². The van der Waals surface area contributed by atoms with Gasteiger partial charge in [-0.25, -0.2) is 0 Å². The molecule has 1 fully saturated rings. The van der Waals surface area contributed by atoms with Gasteiger partial charge in [0, 0.05) is 17.7 Å². The van der Waals surface area contributed by atoms with E-state index < -0.39 is 30.7 Å². The van der Waals surface area contributed by atoms with Crippen molar-refractivity contribution in [1.29, 1.82) is 0 Å². The second-order valence-corrected chi connectivity index (χ2v) is 6.88. The molecule has 0 aromatic heterocycles. The van der Waals surface area contributed by atoms with Gasteiger partial charge in [-0.1, -0.05) is 12.1 Å². The Morgan fingerprint density at radius 2 is 1.62 bits per heavy atom. The summed E-state index contributed by atoms with van der Waals surface area (Å²) in [4.78, 5) is 0. The highest BCUT2D eigenvalue weighted by atomic mass is 16.7. The minimum absolute atomic E-state index is 0.0508. The van der Waals surface area contributed by atoms with E-state index >= 15 is 0 Å². The van der Waals surface area contributed by atoms with E-state index in [0.29, 0.717) is 5.56 Å². The number of fused-ring (bicyclic) bond motifs is 1. The maximum atomic E-state index is 10.2. The number of phenols is 3. The van der Waals surface area contributed by atoms with Crippen molar-refractivity contribution in [3.05, 3.63) is 53.3 Å². The normalized spacial score (nSPS) is 28.8. The van der Waals surface area contributed by atoms with E-state index in [-0.39, 0.29) is 40.9 Å². The predicted octanol–water partition coefficient (Wildman–Crippen LogP) is 0.734. The largest absolute Gasteiger partial charge is 0.508 e. The van der Waals surface area contributed by atoms with Crippen LogP contribution >= 0.6 is 0 Å². The number of hydrogen-bond donors (Lipinski definition) is 6. The van der Waals surface area contributed by atoms with Crippen molar-refractivity contribution in [1.82, 2.24) is 0 Å². The van der Waals surface area contributed by atoms with Crippen LogP contribution in [0.15, 0.2) is 42.2 Å². The van der Waals surface area contributed by atoms with Crippen LogP contribution in [0, 0.1) is 0 Å². The lowest BCUT2D eigenvalue weighted by atomic mass is 10.0. The third kappa shape index (κ3) is 3.68. The molecule has 2 aromatic rings. The van der Waals surface area contributed by atoms with Crippen molar-refractivity contribution < 1.29 is 44.8 Å². The van der Waals surface area contributed by atoms with Crippen molar-refractivity contribution in [2.75, 3.05) is 6.61 Å². The van der Waals surface area contributed by atoms with Crippen LogP contribution in [0.4, 0.5) is 0 Å². The zero-order chi connectivity index (χ0) is 20.7. The van der Waals surface area contributed by atoms with E-state index in [2.05, 4.69) is 0 Å². The fourth-order valence-electron chi connectivity index (χ4n) is 3.24. The van der Waals surface area contributed by atoms with Gasteiger partial charge in [-0.05, 0) is 18.2 Å². The maximum Gasteiger partial charge on any atom is 0.228 e. The second kappa shape index (κ2) is 7.45. The maximum absolute atomic E-state index is 10.2. The SMILES string of the molecule is Oc1ccc(C2Oc3cc(O)cc(O)c3C=C2O[C@H]2OC[C@H](O)[C@@H](O)[C@H]2O)cc1. The van der Waals surface area contributed by atoms with E-state index in [0.717, 1.165) is 6.07 Å². The Bertz CT molecular complexity index is 924. The van der Waals surface area contributed by atoms with Crippen molar-refractivity contribution in [3.63, 3.8) is 0 Å². The molecule has 9 heteroatoms. The molecule has 0 radical (unpaired) electrons. The summed E-state index contributed by atoms with van der Waals surface area (Å²) in [6.45, 7) is -0.239. The van der Waals surface area contributed by atoms with E-state index in [1.807, 2.05) is 0 Å². The molecule has 0 amide bonds. The third-order valence-corrected chi connectivity index (χ3v) is 4.80. The summed E-state index contributed by atoms with van der Waals surface area (Å²) in [6, 6.07) is 8.59. The number of rotatable bonds is 3. The Morgan fingerprint density at radius 1 is 0.897 bits per heavy atom. The molecule has 6 N–H and O–H groups in total. The van der Waals surface area contributed by atoms with E-state index in [1.165, 1.54) is 24.3 Å². The van der Waals surface area contributed by atoms with Crippen molar-refractivity contribution in [2.45, 2.75) is 30.7 Å². The first-order valence-corrected chi connectivity index (χ1v) is 8.89. The molecule has 4 rings (SSSR count). The van der Waals surface area contributed by atoms with Crippen molar-refractivity contribution >= 4 is 6.08 Å². The molecule has 9 nitrogen and oxygen atoms in total. The minimum atomic E-state index is -1.52. The van der Waals surface area contributed by atoms with Gasteiger partial charge in [-0.3, -0.25) is 0 Å². The molecular formula is C20H20O9. The van der Waals surface area contributed by atoms with Crippen molar-refractivity contribution in [3.8, 4) is 23.0 Å². The standard InChI is InChI=1S/C20H20O9/c21-10-3-1-9(2-4-10)19-16(29-20-18(26)17(25)14(24)8-27-20)7-12-13(23)5-11(22)6-15(12)28-19/h1-7,14,17-26H,8H2/t14-,17+,18+,19?,20+/m0/s1. The summed E-state index contributed by atoms with van der Waals surface area (Å²) < 4.78 is 17.0. The number of phenolic OH excluding ortho intramolecular Hbond substituents is 3. The molecule has 154 valence electrons. The summed E-state index contributed by atoms with van der Waals surface area (Å²) in [5.74, 6) is -0.0300. The molecule has 1 saturated heterocycles. The Kier molecular flexibility index (Phi) is 4.97. The first-order valence-electron chi connectivity index (χ1n) is 8.89. The Labute approximate surface area is 165 Å². The fraction of sp³-hybridized carbons (Fsp3) is 0.300. The molecular weight excluding hydrogens is 384 g/mol. The second-order valence-electron chi connectivity index (χ2n) is 6.88. The highest BCUT2D eigenvalue weighted by Crippen LogP contribution is 2.44. The highest BCUT2D eigenvalue weighted by Gasteiger charge is 2.41. The summed E-state index contributed by atoms with van der Waals surface area (Å²) in [5.41, 5.74) is 0.826. The van der Waals surface area contributed by atoms with Crippen LogP contribution in [-0.4, -0.2) is 61.8 Å². The summed E-state index contributed by atoms with van der Waals surface area (Å²) in [5, 5.41) is 59.1. The van der Waals surface area contributed by atoms with Gasteiger partial charge in [0.25, 0.3) is 0 Å². The van der Waals surface area contributed by atoms with Gasteiger partial charge < -0.3 is 44.8 Å². The summed E-state index contributed by atoms with van der Waals surface area (Å²) in [7, 11) is 0. The van der Waals surface area contributed by atoms with Crippen LogP contribution in [0.5, 0.6) is 23.0 Å². The number of aliphatic hydroxyl groups is 3. The minimum Gasteiger partial charge on any atom is -0.508 e. The molecule has 0 saturated carbocycles. The lowest BCUT2D eigenvalue weighted by molar-refractivity contribution is -0.261. The van der Waals surface area contributed by atoms with Gasteiger partial charge in [0.1, 0.15) is 47.1 Å². The van der Waals surface area contributed by atoms with E-state index in [4.69, 9.17) is 14.2 Å². The van der Waals surface area contributed by atoms with Crippen LogP contribution in [-0.2, 0) is 9.47 Å². The zero-order valence-electron chi connectivity index (χ0n) is 15.0. The van der Waals surface area contributed by atoms with Gasteiger partial charge in [0.2, 0.25) is 6.29 Å². The monoisotopic (exact) mass is 404 g/mol. The number of ether oxygens (including phenoxy) is 3. The van der Waals surface area contributed by atoms with Gasteiger partial charge in [-0.2, -0.15) is 0 Å². The lowest BCUT2D eigenvalue weighted by Gasteiger charge is -2.37. The van der Waals surface area contributed by atoms with Gasteiger partial charge in [-0.15, -0.1) is 0 Å². The van der Waals surface area contributed by atoms with Crippen LogP contribution in [0.25, 0.3) is 6.08 Å². The topological polar surface area (TPSA) is 149 Å². The molecule has 2 aromatic carbocycles. The Hall–Kier alpha value is -2.98. The van der Waals surface area contributed by atoms with Crippen LogP contribution in [0.3, 0.4) is 0 Å². The number of hydrogen-bond acceptors (Lipinski definition) is 9. The zero-order valence-corrected chi connectivity index (χ0v) is 15.0. The molecule has 2 aliphatic heterocycles. The molecule has 0 aliphatic carbocycles. The predicted molar refractivity (Wildman–Crippen MR) is 98.1 cm³/mol. The number of aromatic hydroxyl groups is 3. The highest BCUT2D eigenvalue weighted by molar-refractivity contribution is 5.69. The average molecular weight is 404 g/mol. The van der Waals surface area contributed by atoms with Gasteiger partial charge in [0.15, 0.2) is 6.10 Å². The molecule has 0 spiro atoms. The van der Waals surface area contributed by atoms with Crippen LogP contribution in [0.1, 0.15) is 17.2 Å². The van der Waals surface area contributed by atoms with E-state index in [1.54, 1.807) is 12.1 Å². The quantitative estimate of drug-likeness (QED) is 0.435. The molecule has 29 heavy (non-hydrogen) atoms. The van der Waals surface area contributed by atoms with Gasteiger partial charge >= 0.3 is 0 Å². The smallest absolute Gasteiger partial charge is 0.228 e. The Balaban J connectivity index is 1.71. The number of aliphatic hydroxyl groups excluding tert-OH is 3. The summed E-state index contributed by atoms with van der Waals surface area (Å²) >= 11 is 0. The molecule has 2 aliphatic rings. The van der Waals surface area contributed by atoms with Crippen molar-refractivity contribution in [2.24, 2.45) is 0 Å². The molecule has 5 atom stereocenters. The average Bonchev–Trinajstić information content (AvgIpc) is 2.69.